The van der Waals surface area contributed by atoms with Gasteiger partial charge in [-0.15, -0.1) is 0 Å². The number of nitrogens with zero attached hydrogens (tertiary/aromatic N) is 2. The van der Waals surface area contributed by atoms with Gasteiger partial charge in [-0.3, -0.25) is 4.79 Å². The minimum atomic E-state index is -4.58. The molecule has 0 saturated carbocycles. The molecule has 10 heteroatoms. The third-order valence-electron chi connectivity index (χ3n) is 3.78. The van der Waals surface area contributed by atoms with E-state index in [0.29, 0.717) is 0 Å². The number of aliphatic hydroxyl groups excluding tert-OH is 1. The number of hydrogen-bond acceptors (Lipinski definition) is 5. The van der Waals surface area contributed by atoms with Gasteiger partial charge < -0.3 is 14.9 Å². The van der Waals surface area contributed by atoms with E-state index in [1.165, 1.54) is 18.2 Å². The van der Waals surface area contributed by atoms with Gasteiger partial charge in [-0.1, -0.05) is 35.5 Å². The van der Waals surface area contributed by atoms with Gasteiger partial charge >= 0.3 is 6.18 Å². The van der Waals surface area contributed by atoms with Gasteiger partial charge in [0.1, 0.15) is 6.61 Å². The maximum absolute atomic E-state index is 15.0. The topological polar surface area (TPSA) is 88.2 Å². The summed E-state index contributed by atoms with van der Waals surface area (Å²) in [6.45, 7) is -1.23. The van der Waals surface area contributed by atoms with Gasteiger partial charge in [-0.25, -0.2) is 4.39 Å². The third-order valence-corrected chi connectivity index (χ3v) is 3.78. The van der Waals surface area contributed by atoms with Crippen molar-refractivity contribution >= 4 is 5.91 Å². The van der Waals surface area contributed by atoms with E-state index >= 15 is 4.39 Å². The Hall–Kier alpha value is -3.27. The molecule has 0 aliphatic carbocycles. The zero-order valence-corrected chi connectivity index (χ0v) is 14.1. The van der Waals surface area contributed by atoms with Crippen molar-refractivity contribution in [1.29, 1.82) is 0 Å². The highest BCUT2D eigenvalue weighted by molar-refractivity contribution is 5.94. The Kier molecular flexibility index (Phi) is 5.14. The number of aliphatic hydroxyl groups is 1. The van der Waals surface area contributed by atoms with Crippen molar-refractivity contribution in [3.05, 3.63) is 71.6 Å². The van der Waals surface area contributed by atoms with Crippen LogP contribution >= 0.6 is 0 Å². The monoisotopic (exact) mass is 395 g/mol. The number of carbonyl (C=O) groups excluding carboxylic acids is 1. The van der Waals surface area contributed by atoms with E-state index in [2.05, 4.69) is 10.1 Å². The van der Waals surface area contributed by atoms with Gasteiger partial charge in [0, 0.05) is 11.1 Å². The molecule has 0 radical (unpaired) electrons. The second kappa shape index (κ2) is 7.39. The Labute approximate surface area is 155 Å². The summed E-state index contributed by atoms with van der Waals surface area (Å²) in [6.07, 6.45) is -4.58. The predicted molar refractivity (Wildman–Crippen MR) is 88.5 cm³/mol. The minimum Gasteiger partial charge on any atom is -0.390 e. The number of halogens is 4. The Morgan fingerprint density at radius 2 is 1.79 bits per heavy atom. The van der Waals surface area contributed by atoms with Gasteiger partial charge in [0.15, 0.2) is 0 Å². The van der Waals surface area contributed by atoms with Crippen LogP contribution in [0, 0.1) is 0 Å². The lowest BCUT2D eigenvalue weighted by molar-refractivity contribution is -0.137. The fourth-order valence-corrected chi connectivity index (χ4v) is 2.34. The van der Waals surface area contributed by atoms with Crippen molar-refractivity contribution in [3.63, 3.8) is 0 Å². The van der Waals surface area contributed by atoms with Crippen molar-refractivity contribution < 1.29 is 32.0 Å². The van der Waals surface area contributed by atoms with E-state index < -0.39 is 35.9 Å². The van der Waals surface area contributed by atoms with Crippen molar-refractivity contribution in [2.45, 2.75) is 12.0 Å². The number of rotatable bonds is 5. The predicted octanol–water partition coefficient (Wildman–Crippen LogP) is 3.30. The molecule has 28 heavy (non-hydrogen) atoms. The summed E-state index contributed by atoms with van der Waals surface area (Å²) in [5.41, 5.74) is -0.891. The Bertz CT molecular complexity index is 975. The average molecular weight is 395 g/mol. The molecule has 0 fully saturated rings. The zero-order chi connectivity index (χ0) is 20.4. The molecule has 0 aliphatic rings. The molecule has 0 aliphatic heterocycles. The van der Waals surface area contributed by atoms with Crippen LogP contribution in [0.1, 0.15) is 21.8 Å². The van der Waals surface area contributed by atoms with Crippen LogP contribution in [-0.4, -0.2) is 27.8 Å². The summed E-state index contributed by atoms with van der Waals surface area (Å²) in [5.74, 6) is -4.90. The molecule has 1 amide bonds. The standard InChI is InChI=1S/C18H13F4N3O3/c19-17(10-26,24-15(27)11-5-2-1-3-6-11)16-23-14(25-28-16)12-7-4-8-13(9-12)18(20,21)22/h1-9,26H,10H2,(H,24,27)/t17-/m1/s1. The molecular weight excluding hydrogens is 382 g/mol. The molecule has 0 unspecified atom stereocenters. The van der Waals surface area contributed by atoms with Gasteiger partial charge in [-0.2, -0.15) is 18.2 Å². The lowest BCUT2D eigenvalue weighted by Gasteiger charge is -2.20. The van der Waals surface area contributed by atoms with E-state index in [0.717, 1.165) is 18.2 Å². The molecule has 0 bridgehead atoms. The molecule has 6 nitrogen and oxygen atoms in total. The summed E-state index contributed by atoms with van der Waals surface area (Å²) in [4.78, 5) is 15.8. The maximum atomic E-state index is 15.0. The third kappa shape index (κ3) is 4.01. The number of aromatic nitrogens is 2. The van der Waals surface area contributed by atoms with Gasteiger partial charge in [0.25, 0.3) is 17.6 Å². The zero-order valence-electron chi connectivity index (χ0n) is 14.1. The van der Waals surface area contributed by atoms with E-state index in [1.54, 1.807) is 18.2 Å². The number of amides is 1. The number of benzene rings is 2. The molecule has 3 aromatic rings. The smallest absolute Gasteiger partial charge is 0.390 e. The molecule has 1 heterocycles. The number of carbonyl (C=O) groups is 1. The van der Waals surface area contributed by atoms with Crippen LogP contribution in [-0.2, 0) is 12.0 Å². The Morgan fingerprint density at radius 3 is 2.43 bits per heavy atom. The summed E-state index contributed by atoms with van der Waals surface area (Å²) in [5, 5.41) is 14.8. The van der Waals surface area contributed by atoms with Crippen molar-refractivity contribution in [2.75, 3.05) is 6.61 Å². The molecule has 2 aromatic carbocycles. The number of hydrogen-bond donors (Lipinski definition) is 2. The van der Waals surface area contributed by atoms with E-state index in [9.17, 15) is 23.1 Å². The van der Waals surface area contributed by atoms with Crippen molar-refractivity contribution in [2.24, 2.45) is 0 Å². The summed E-state index contributed by atoms with van der Waals surface area (Å²) in [6, 6.07) is 11.7. The molecule has 3 rings (SSSR count). The van der Waals surface area contributed by atoms with E-state index in [4.69, 9.17) is 4.52 Å². The van der Waals surface area contributed by atoms with Crippen LogP contribution in [0.2, 0.25) is 0 Å². The van der Waals surface area contributed by atoms with Gasteiger partial charge in [-0.05, 0) is 24.3 Å². The lowest BCUT2D eigenvalue weighted by Crippen LogP contribution is -2.45. The number of nitrogens with one attached hydrogen (secondary N) is 1. The fourth-order valence-electron chi connectivity index (χ4n) is 2.34. The summed E-state index contributed by atoms with van der Waals surface area (Å²) >= 11 is 0. The van der Waals surface area contributed by atoms with E-state index in [1.807, 2.05) is 5.32 Å². The minimum absolute atomic E-state index is 0.0699. The van der Waals surface area contributed by atoms with Crippen LogP contribution in [0.3, 0.4) is 0 Å². The van der Waals surface area contributed by atoms with Crippen molar-refractivity contribution in [3.8, 4) is 11.4 Å². The maximum Gasteiger partial charge on any atom is 0.416 e. The molecule has 0 spiro atoms. The van der Waals surface area contributed by atoms with Crippen LogP contribution in [0.15, 0.2) is 59.1 Å². The highest BCUT2D eigenvalue weighted by Crippen LogP contribution is 2.32. The van der Waals surface area contributed by atoms with Gasteiger partial charge in [0.05, 0.1) is 5.56 Å². The highest BCUT2D eigenvalue weighted by atomic mass is 19.4. The van der Waals surface area contributed by atoms with Crippen LogP contribution in [0.4, 0.5) is 17.6 Å². The second-order valence-electron chi connectivity index (χ2n) is 5.78. The Morgan fingerprint density at radius 1 is 1.07 bits per heavy atom. The first-order chi connectivity index (χ1) is 13.2. The SMILES string of the molecule is O=C(N[C@](F)(CO)c1nc(-c2cccc(C(F)(F)F)c2)no1)c1ccccc1. The van der Waals surface area contributed by atoms with Crippen LogP contribution in [0.25, 0.3) is 11.4 Å². The quantitative estimate of drug-likeness (QED) is 0.511. The molecule has 146 valence electrons. The van der Waals surface area contributed by atoms with Gasteiger partial charge in [0.2, 0.25) is 5.82 Å². The van der Waals surface area contributed by atoms with Crippen LogP contribution < -0.4 is 5.32 Å². The molecule has 1 atom stereocenters. The van der Waals surface area contributed by atoms with Crippen LogP contribution in [0.5, 0.6) is 0 Å². The first kappa shape index (κ1) is 19.5. The lowest BCUT2D eigenvalue weighted by atomic mass is 10.1. The summed E-state index contributed by atoms with van der Waals surface area (Å²) < 4.78 is 58.3. The number of alkyl halides is 4. The normalized spacial score (nSPS) is 13.8. The molecule has 0 saturated heterocycles. The molecule has 2 N–H and O–H groups in total. The fraction of sp³-hybridized carbons (Fsp3) is 0.167. The summed E-state index contributed by atoms with van der Waals surface area (Å²) in [7, 11) is 0. The average Bonchev–Trinajstić information content (AvgIpc) is 3.19. The molecule has 1 aromatic heterocycles. The second-order valence-corrected chi connectivity index (χ2v) is 5.78. The first-order valence-electron chi connectivity index (χ1n) is 7.92. The van der Waals surface area contributed by atoms with E-state index in [-0.39, 0.29) is 17.0 Å². The largest absolute Gasteiger partial charge is 0.416 e. The highest BCUT2D eigenvalue weighted by Gasteiger charge is 2.40. The Balaban J connectivity index is 1.88. The molecular formula is C18H13F4N3O3. The first-order valence-corrected chi connectivity index (χ1v) is 7.92. The van der Waals surface area contributed by atoms with Crippen molar-refractivity contribution in [1.82, 2.24) is 15.5 Å².